The first-order valence-electron chi connectivity index (χ1n) is 7.30. The predicted molar refractivity (Wildman–Crippen MR) is 79.0 cm³/mol. The predicted octanol–water partition coefficient (Wildman–Crippen LogP) is 4.08. The molecule has 0 aromatic rings. The SMILES string of the molecule is CNC.O=S(=O)(O)C(F)CCCCCCCCCC(F)(F)F. The molecule has 0 saturated carbocycles. The summed E-state index contributed by atoms with van der Waals surface area (Å²) < 4.78 is 77.2. The van der Waals surface area contributed by atoms with Crippen LogP contribution in [0.5, 0.6) is 0 Å². The molecule has 22 heavy (non-hydrogen) atoms. The molecule has 4 nitrogen and oxygen atoms in total. The summed E-state index contributed by atoms with van der Waals surface area (Å²) in [5.41, 5.74) is -2.24. The Bertz CT molecular complexity index is 348. The topological polar surface area (TPSA) is 66.4 Å². The Morgan fingerprint density at radius 1 is 0.955 bits per heavy atom. The highest BCUT2D eigenvalue weighted by Gasteiger charge is 2.25. The second-order valence-corrected chi connectivity index (χ2v) is 6.60. The minimum atomic E-state index is -4.59. The summed E-state index contributed by atoms with van der Waals surface area (Å²) in [7, 11) is -0.845. The lowest BCUT2D eigenvalue weighted by molar-refractivity contribution is -0.135. The Balaban J connectivity index is 0. The van der Waals surface area contributed by atoms with Crippen molar-refractivity contribution in [2.75, 3.05) is 14.1 Å². The summed E-state index contributed by atoms with van der Waals surface area (Å²) in [6.07, 6.45) is -1.35. The number of nitrogens with one attached hydrogen (secondary N) is 1. The number of rotatable bonds is 10. The van der Waals surface area contributed by atoms with E-state index in [1.807, 2.05) is 14.1 Å². The van der Waals surface area contributed by atoms with Crippen molar-refractivity contribution in [2.24, 2.45) is 0 Å². The highest BCUT2D eigenvalue weighted by atomic mass is 32.2. The van der Waals surface area contributed by atoms with Gasteiger partial charge < -0.3 is 5.32 Å². The Hall–Kier alpha value is -0.410. The number of hydrogen-bond acceptors (Lipinski definition) is 3. The maximum Gasteiger partial charge on any atom is 0.389 e. The van der Waals surface area contributed by atoms with Gasteiger partial charge in [-0.15, -0.1) is 0 Å². The fourth-order valence-electron chi connectivity index (χ4n) is 1.66. The van der Waals surface area contributed by atoms with Gasteiger partial charge in [0.1, 0.15) is 0 Å². The second-order valence-electron chi connectivity index (χ2n) is 5.05. The first kappa shape index (κ1) is 23.9. The lowest BCUT2D eigenvalue weighted by Gasteiger charge is -2.06. The van der Waals surface area contributed by atoms with Crippen LogP contribution in [0.4, 0.5) is 17.6 Å². The van der Waals surface area contributed by atoms with E-state index >= 15 is 0 Å². The zero-order valence-corrected chi connectivity index (χ0v) is 13.9. The molecule has 1 atom stereocenters. The summed E-state index contributed by atoms with van der Waals surface area (Å²) in [5, 5.41) is 2.75. The second kappa shape index (κ2) is 13.1. The van der Waals surface area contributed by atoms with Crippen molar-refractivity contribution < 1.29 is 30.5 Å². The number of alkyl halides is 4. The van der Waals surface area contributed by atoms with Gasteiger partial charge in [-0.25, -0.2) is 4.39 Å². The van der Waals surface area contributed by atoms with Gasteiger partial charge in [0, 0.05) is 6.42 Å². The van der Waals surface area contributed by atoms with Crippen LogP contribution in [-0.4, -0.2) is 38.7 Å². The van der Waals surface area contributed by atoms with E-state index < -0.39 is 28.2 Å². The molecule has 2 N–H and O–H groups in total. The molecule has 0 aliphatic heterocycles. The monoisotopic (exact) mass is 353 g/mol. The Kier molecular flexibility index (Phi) is 14.2. The lowest BCUT2D eigenvalue weighted by atomic mass is 10.1. The number of unbranched alkanes of at least 4 members (excludes halogenated alkanes) is 6. The molecule has 1 unspecified atom stereocenters. The largest absolute Gasteiger partial charge is 0.389 e. The van der Waals surface area contributed by atoms with Gasteiger partial charge in [-0.1, -0.05) is 32.1 Å². The van der Waals surface area contributed by atoms with Crippen LogP contribution in [0.15, 0.2) is 0 Å². The molecule has 0 aliphatic rings. The molecule has 0 amide bonds. The van der Waals surface area contributed by atoms with Crippen LogP contribution in [0.3, 0.4) is 0 Å². The van der Waals surface area contributed by atoms with E-state index in [0.717, 1.165) is 12.8 Å². The maximum atomic E-state index is 12.8. The van der Waals surface area contributed by atoms with Gasteiger partial charge in [0.05, 0.1) is 0 Å². The van der Waals surface area contributed by atoms with Crippen LogP contribution >= 0.6 is 0 Å². The summed E-state index contributed by atoms with van der Waals surface area (Å²) in [6.45, 7) is 0. The van der Waals surface area contributed by atoms with E-state index in [4.69, 9.17) is 4.55 Å². The van der Waals surface area contributed by atoms with Gasteiger partial charge in [0.2, 0.25) is 5.50 Å². The Morgan fingerprint density at radius 2 is 1.32 bits per heavy atom. The Labute approximate surface area is 130 Å². The van der Waals surface area contributed by atoms with Gasteiger partial charge in [0.25, 0.3) is 10.1 Å². The molecule has 0 saturated heterocycles. The molecule has 0 fully saturated rings. The van der Waals surface area contributed by atoms with Crippen molar-refractivity contribution in [3.63, 3.8) is 0 Å². The molecule has 0 aromatic carbocycles. The summed E-state index contributed by atoms with van der Waals surface area (Å²) in [6, 6.07) is 0. The highest BCUT2D eigenvalue weighted by Crippen LogP contribution is 2.23. The first-order chi connectivity index (χ1) is 10.0. The van der Waals surface area contributed by atoms with E-state index in [-0.39, 0.29) is 12.8 Å². The van der Waals surface area contributed by atoms with Crippen LogP contribution in [0.25, 0.3) is 0 Å². The zero-order valence-electron chi connectivity index (χ0n) is 13.1. The molecule has 0 spiro atoms. The van der Waals surface area contributed by atoms with Gasteiger partial charge in [-0.3, -0.25) is 4.55 Å². The lowest BCUT2D eigenvalue weighted by Crippen LogP contribution is -2.14. The summed E-state index contributed by atoms with van der Waals surface area (Å²) >= 11 is 0. The molecule has 0 aliphatic carbocycles. The third-order valence-corrected chi connectivity index (χ3v) is 3.60. The highest BCUT2D eigenvalue weighted by molar-refractivity contribution is 7.86. The quantitative estimate of drug-likeness (QED) is 0.353. The Morgan fingerprint density at radius 3 is 1.68 bits per heavy atom. The average Bonchev–Trinajstić information content (AvgIpc) is 2.35. The van der Waals surface area contributed by atoms with Crippen LogP contribution in [0, 0.1) is 0 Å². The van der Waals surface area contributed by atoms with Crippen molar-refractivity contribution >= 4 is 10.1 Å². The summed E-state index contributed by atoms with van der Waals surface area (Å²) in [5.74, 6) is 0. The van der Waals surface area contributed by atoms with E-state index in [0.29, 0.717) is 25.7 Å². The van der Waals surface area contributed by atoms with Crippen molar-refractivity contribution in [3.05, 3.63) is 0 Å². The van der Waals surface area contributed by atoms with E-state index in [2.05, 4.69) is 5.32 Å². The van der Waals surface area contributed by atoms with Crippen molar-refractivity contribution in [1.82, 2.24) is 5.32 Å². The molecular weight excluding hydrogens is 326 g/mol. The molecule has 0 radical (unpaired) electrons. The molecule has 136 valence electrons. The fraction of sp³-hybridized carbons (Fsp3) is 1.00. The smallest absolute Gasteiger partial charge is 0.323 e. The van der Waals surface area contributed by atoms with Crippen molar-refractivity contribution in [3.8, 4) is 0 Å². The number of halogens is 4. The van der Waals surface area contributed by atoms with Crippen LogP contribution in [0.1, 0.15) is 57.8 Å². The van der Waals surface area contributed by atoms with E-state index in [1.54, 1.807) is 0 Å². The fourth-order valence-corrected chi connectivity index (χ4v) is 2.13. The van der Waals surface area contributed by atoms with Gasteiger partial charge in [0.15, 0.2) is 0 Å². The average molecular weight is 353 g/mol. The molecule has 0 heterocycles. The number of hydrogen-bond donors (Lipinski definition) is 2. The first-order valence-corrected chi connectivity index (χ1v) is 8.80. The summed E-state index contributed by atoms with van der Waals surface area (Å²) in [4.78, 5) is 0. The molecule has 0 aromatic heterocycles. The molecule has 9 heteroatoms. The standard InChI is InChI=1S/C11H20F4O3S.C2H7N/c12-10(19(16,17)18)8-6-4-2-1-3-5-7-9-11(13,14)15;1-3-2/h10H,1-9H2,(H,16,17,18);3H,1-2H3. The third kappa shape index (κ3) is 19.6. The third-order valence-electron chi connectivity index (χ3n) is 2.71. The minimum absolute atomic E-state index is 0.124. The molecule has 0 rings (SSSR count). The van der Waals surface area contributed by atoms with Crippen molar-refractivity contribution in [1.29, 1.82) is 0 Å². The normalized spacial score (nSPS) is 13.4. The van der Waals surface area contributed by atoms with Crippen LogP contribution in [0.2, 0.25) is 0 Å². The molecular formula is C13H27F4NO3S. The zero-order chi connectivity index (χ0) is 17.6. The van der Waals surface area contributed by atoms with E-state index in [1.165, 1.54) is 0 Å². The van der Waals surface area contributed by atoms with Gasteiger partial charge >= 0.3 is 6.18 Å². The van der Waals surface area contributed by atoms with Crippen LogP contribution in [-0.2, 0) is 10.1 Å². The van der Waals surface area contributed by atoms with Gasteiger partial charge in [-0.05, 0) is 33.4 Å². The minimum Gasteiger partial charge on any atom is -0.323 e. The van der Waals surface area contributed by atoms with Crippen LogP contribution < -0.4 is 5.32 Å². The van der Waals surface area contributed by atoms with Crippen molar-refractivity contribution in [2.45, 2.75) is 69.5 Å². The van der Waals surface area contributed by atoms with Gasteiger partial charge in [-0.2, -0.15) is 21.6 Å². The molecule has 0 bridgehead atoms. The van der Waals surface area contributed by atoms with E-state index in [9.17, 15) is 26.0 Å². The maximum absolute atomic E-state index is 12.8.